The van der Waals surface area contributed by atoms with Crippen LogP contribution in [0, 0.1) is 0 Å². The lowest BCUT2D eigenvalue weighted by molar-refractivity contribution is -0.130. The van der Waals surface area contributed by atoms with Crippen molar-refractivity contribution in [3.63, 3.8) is 0 Å². The van der Waals surface area contributed by atoms with Gasteiger partial charge in [-0.15, -0.1) is 0 Å². The van der Waals surface area contributed by atoms with Gasteiger partial charge in [-0.25, -0.2) is 0 Å². The summed E-state index contributed by atoms with van der Waals surface area (Å²) in [6, 6.07) is 0. The molecule has 0 atom stereocenters. The number of carbonyl (C=O) groups excluding carboxylic acids is 2. The Morgan fingerprint density at radius 3 is 2.56 bits per heavy atom. The van der Waals surface area contributed by atoms with Crippen molar-refractivity contribution in [2.45, 2.75) is 33.1 Å². The Kier molecular flexibility index (Phi) is 8.21. The Morgan fingerprint density at radius 2 is 2.06 bits per heavy atom. The minimum atomic E-state index is -0.125. The van der Waals surface area contributed by atoms with Gasteiger partial charge in [0, 0.05) is 18.7 Å². The summed E-state index contributed by atoms with van der Waals surface area (Å²) in [5, 5.41) is 0. The summed E-state index contributed by atoms with van der Waals surface area (Å²) in [4.78, 5) is 23.5. The van der Waals surface area contributed by atoms with E-state index in [4.69, 9.17) is 0 Å². The predicted octanol–water partition coefficient (Wildman–Crippen LogP) is 1.75. The van der Waals surface area contributed by atoms with E-state index in [2.05, 4.69) is 18.2 Å². The van der Waals surface area contributed by atoms with Crippen LogP contribution in [-0.2, 0) is 14.3 Å². The van der Waals surface area contributed by atoms with Crippen LogP contribution in [0.4, 0.5) is 0 Å². The average Bonchev–Trinajstić information content (AvgIpc) is 2.31. The second kappa shape index (κ2) is 8.95. The van der Waals surface area contributed by atoms with E-state index in [1.54, 1.807) is 4.90 Å². The van der Waals surface area contributed by atoms with E-state index >= 15 is 0 Å². The molecule has 0 aliphatic rings. The van der Waals surface area contributed by atoms with Crippen LogP contribution in [0.2, 0.25) is 0 Å². The summed E-state index contributed by atoms with van der Waals surface area (Å²) in [5.41, 5.74) is 0.324. The monoisotopic (exact) mass is 227 g/mol. The summed E-state index contributed by atoms with van der Waals surface area (Å²) in [6.45, 7) is 9.36. The summed E-state index contributed by atoms with van der Waals surface area (Å²) >= 11 is 0. The smallest absolute Gasteiger partial charge is 0.293 e. The second-order valence-electron chi connectivity index (χ2n) is 3.60. The maximum atomic E-state index is 11.8. The molecule has 0 aromatic heterocycles. The first-order valence-corrected chi connectivity index (χ1v) is 5.69. The number of likely N-dealkylation sites (N-methyl/N-ethyl adjacent to an activating group) is 1. The zero-order valence-corrected chi connectivity index (χ0v) is 10.2. The van der Waals surface area contributed by atoms with E-state index < -0.39 is 0 Å². The molecule has 92 valence electrons. The Morgan fingerprint density at radius 1 is 1.38 bits per heavy atom. The number of nitrogens with zero attached hydrogens (tertiary/aromatic N) is 1. The van der Waals surface area contributed by atoms with Crippen molar-refractivity contribution in [2.24, 2.45) is 0 Å². The maximum Gasteiger partial charge on any atom is 0.293 e. The highest BCUT2D eigenvalue weighted by Gasteiger charge is 2.14. The van der Waals surface area contributed by atoms with E-state index in [-0.39, 0.29) is 12.5 Å². The van der Waals surface area contributed by atoms with E-state index in [9.17, 15) is 9.59 Å². The van der Waals surface area contributed by atoms with Gasteiger partial charge in [-0.2, -0.15) is 0 Å². The predicted molar refractivity (Wildman–Crippen MR) is 62.9 cm³/mol. The fraction of sp³-hybridized carbons (Fsp3) is 0.667. The van der Waals surface area contributed by atoms with Gasteiger partial charge in [-0.05, 0) is 13.3 Å². The highest BCUT2D eigenvalue weighted by molar-refractivity contribution is 5.93. The van der Waals surface area contributed by atoms with E-state index in [0.717, 1.165) is 25.8 Å². The van der Waals surface area contributed by atoms with Crippen LogP contribution in [0.5, 0.6) is 0 Å². The molecule has 0 bridgehead atoms. The first-order chi connectivity index (χ1) is 7.67. The van der Waals surface area contributed by atoms with Gasteiger partial charge in [0.05, 0.1) is 0 Å². The van der Waals surface area contributed by atoms with Crippen molar-refractivity contribution in [1.29, 1.82) is 0 Å². The molecule has 0 saturated heterocycles. The van der Waals surface area contributed by atoms with Crippen molar-refractivity contribution in [2.75, 3.05) is 19.7 Å². The molecule has 0 radical (unpaired) electrons. The van der Waals surface area contributed by atoms with Gasteiger partial charge in [0.1, 0.15) is 6.61 Å². The van der Waals surface area contributed by atoms with E-state index in [1.165, 1.54) is 0 Å². The number of amides is 1. The minimum Gasteiger partial charge on any atom is -0.463 e. The third kappa shape index (κ3) is 5.53. The highest BCUT2D eigenvalue weighted by atomic mass is 16.5. The molecule has 4 heteroatoms. The van der Waals surface area contributed by atoms with Crippen molar-refractivity contribution in [3.8, 4) is 0 Å². The number of hydrogen-bond donors (Lipinski definition) is 0. The first kappa shape index (κ1) is 14.7. The number of carbonyl (C=O) groups is 2. The molecule has 0 rings (SSSR count). The van der Waals surface area contributed by atoms with Crippen molar-refractivity contribution in [3.05, 3.63) is 12.2 Å². The molecule has 0 aliphatic carbocycles. The molecule has 0 fully saturated rings. The summed E-state index contributed by atoms with van der Waals surface area (Å²) in [5.74, 6) is -0.125. The molecule has 0 aromatic rings. The molecule has 0 saturated carbocycles. The lowest BCUT2D eigenvalue weighted by Gasteiger charge is -2.21. The van der Waals surface area contributed by atoms with Crippen LogP contribution >= 0.6 is 0 Å². The third-order valence-electron chi connectivity index (χ3n) is 2.33. The minimum absolute atomic E-state index is 0.0212. The number of hydrogen-bond acceptors (Lipinski definition) is 3. The Labute approximate surface area is 97.3 Å². The molecule has 0 unspecified atom stereocenters. The zero-order valence-electron chi connectivity index (χ0n) is 10.2. The van der Waals surface area contributed by atoms with Gasteiger partial charge < -0.3 is 9.64 Å². The third-order valence-corrected chi connectivity index (χ3v) is 2.33. The van der Waals surface area contributed by atoms with Crippen molar-refractivity contribution < 1.29 is 14.3 Å². The zero-order chi connectivity index (χ0) is 12.4. The summed E-state index contributed by atoms with van der Waals surface area (Å²) < 4.78 is 4.51. The Hall–Kier alpha value is -1.32. The van der Waals surface area contributed by atoms with Gasteiger partial charge >= 0.3 is 0 Å². The van der Waals surface area contributed by atoms with Crippen LogP contribution in [0.1, 0.15) is 33.1 Å². The highest BCUT2D eigenvalue weighted by Crippen LogP contribution is 2.04. The fourth-order valence-corrected chi connectivity index (χ4v) is 1.38. The van der Waals surface area contributed by atoms with Gasteiger partial charge in [-0.3, -0.25) is 9.59 Å². The van der Waals surface area contributed by atoms with Gasteiger partial charge in [0.2, 0.25) is 0 Å². The van der Waals surface area contributed by atoms with Crippen LogP contribution in [0.15, 0.2) is 12.2 Å². The molecule has 1 amide bonds. The van der Waals surface area contributed by atoms with Crippen LogP contribution in [0.3, 0.4) is 0 Å². The van der Waals surface area contributed by atoms with Gasteiger partial charge in [-0.1, -0.05) is 26.3 Å². The van der Waals surface area contributed by atoms with Crippen LogP contribution in [-0.4, -0.2) is 37.0 Å². The molecule has 0 heterocycles. The molecular weight excluding hydrogens is 206 g/mol. The van der Waals surface area contributed by atoms with E-state index in [0.29, 0.717) is 18.6 Å². The normalized spacial score (nSPS) is 9.62. The average molecular weight is 227 g/mol. The Balaban J connectivity index is 4.07. The summed E-state index contributed by atoms with van der Waals surface area (Å²) in [7, 11) is 0. The summed E-state index contributed by atoms with van der Waals surface area (Å²) in [6.07, 6.45) is 3.24. The molecule has 0 spiro atoms. The molecule has 0 aromatic carbocycles. The van der Waals surface area contributed by atoms with Gasteiger partial charge in [0.15, 0.2) is 0 Å². The number of ether oxygens (including phenoxy) is 1. The quantitative estimate of drug-likeness (QED) is 0.342. The van der Waals surface area contributed by atoms with E-state index in [1.807, 2.05) is 6.92 Å². The molecular formula is C12H21NO3. The molecule has 0 N–H and O–H groups in total. The number of rotatable bonds is 9. The lowest BCUT2D eigenvalue weighted by Crippen LogP contribution is -2.33. The largest absolute Gasteiger partial charge is 0.463 e. The standard InChI is InChI=1S/C12H21NO3/c1-4-6-7-8-13(5-2)12(15)11(3)9-16-10-14/h10H,3-9H2,1-2H3. The maximum absolute atomic E-state index is 11.8. The second-order valence-corrected chi connectivity index (χ2v) is 3.60. The first-order valence-electron chi connectivity index (χ1n) is 5.69. The number of unbranched alkanes of at least 4 members (excludes halogenated alkanes) is 2. The van der Waals surface area contributed by atoms with Crippen LogP contribution in [0.25, 0.3) is 0 Å². The lowest BCUT2D eigenvalue weighted by atomic mass is 10.2. The molecule has 4 nitrogen and oxygen atoms in total. The van der Waals surface area contributed by atoms with Gasteiger partial charge in [0.25, 0.3) is 12.4 Å². The fourth-order valence-electron chi connectivity index (χ4n) is 1.38. The molecule has 16 heavy (non-hydrogen) atoms. The SMILES string of the molecule is C=C(COC=O)C(=O)N(CC)CCCCC. The Bertz CT molecular complexity index is 238. The van der Waals surface area contributed by atoms with Crippen molar-refractivity contribution >= 4 is 12.4 Å². The van der Waals surface area contributed by atoms with Crippen LogP contribution < -0.4 is 0 Å². The van der Waals surface area contributed by atoms with Crippen molar-refractivity contribution in [1.82, 2.24) is 4.90 Å². The molecule has 0 aliphatic heterocycles. The topological polar surface area (TPSA) is 46.6 Å².